The molecule has 9 nitrogen and oxygen atoms in total. The Balaban J connectivity index is 1.65. The maximum Gasteiger partial charge on any atom is 0.273 e. The molecule has 2 amide bonds. The summed E-state index contributed by atoms with van der Waals surface area (Å²) in [4.78, 5) is 42.7. The number of imidazole rings is 1. The van der Waals surface area contributed by atoms with Crippen LogP contribution < -0.4 is 4.90 Å². The molecule has 0 spiro atoms. The Kier molecular flexibility index (Phi) is 4.87. The van der Waals surface area contributed by atoms with Crippen molar-refractivity contribution in [2.75, 3.05) is 45.2 Å². The van der Waals surface area contributed by atoms with Crippen molar-refractivity contribution in [1.82, 2.24) is 29.2 Å². The van der Waals surface area contributed by atoms with Crippen LogP contribution in [0, 0.1) is 0 Å². The Morgan fingerprint density at radius 1 is 1.03 bits per heavy atom. The van der Waals surface area contributed by atoms with Crippen molar-refractivity contribution in [2.45, 2.75) is 6.92 Å². The molecule has 0 radical (unpaired) electrons. The first kappa shape index (κ1) is 18.9. The fourth-order valence-electron chi connectivity index (χ4n) is 3.41. The Bertz CT molecular complexity index is 1070. The van der Waals surface area contributed by atoms with E-state index < -0.39 is 0 Å². The number of anilines is 1. The number of piperazine rings is 1. The van der Waals surface area contributed by atoms with Gasteiger partial charge in [-0.3, -0.25) is 14.0 Å². The third kappa shape index (κ3) is 3.63. The third-order valence-corrected chi connectivity index (χ3v) is 5.07. The molecule has 1 saturated heterocycles. The van der Waals surface area contributed by atoms with Crippen molar-refractivity contribution in [3.63, 3.8) is 0 Å². The zero-order chi connectivity index (χ0) is 20.5. The molecule has 0 aliphatic carbocycles. The fourth-order valence-corrected chi connectivity index (χ4v) is 3.41. The minimum Gasteiger partial charge on any atom is -0.353 e. The molecule has 0 unspecified atom stereocenters. The predicted molar refractivity (Wildman–Crippen MR) is 109 cm³/mol. The van der Waals surface area contributed by atoms with Crippen LogP contribution in [-0.2, 0) is 4.79 Å². The van der Waals surface area contributed by atoms with Crippen molar-refractivity contribution in [3.05, 3.63) is 42.5 Å². The highest BCUT2D eigenvalue weighted by atomic mass is 16.2. The van der Waals surface area contributed by atoms with Gasteiger partial charge in [-0.05, 0) is 12.1 Å². The van der Waals surface area contributed by atoms with Crippen LogP contribution in [-0.4, -0.2) is 81.2 Å². The van der Waals surface area contributed by atoms with Gasteiger partial charge >= 0.3 is 0 Å². The van der Waals surface area contributed by atoms with E-state index in [1.54, 1.807) is 39.6 Å². The van der Waals surface area contributed by atoms with Crippen LogP contribution >= 0.6 is 0 Å². The van der Waals surface area contributed by atoms with Gasteiger partial charge in [-0.1, -0.05) is 6.07 Å². The molecule has 1 aliphatic rings. The number of carbonyl (C=O) groups excluding carboxylic acids is 2. The zero-order valence-corrected chi connectivity index (χ0v) is 16.7. The van der Waals surface area contributed by atoms with Crippen LogP contribution in [0.3, 0.4) is 0 Å². The van der Waals surface area contributed by atoms with Crippen molar-refractivity contribution in [3.8, 4) is 11.4 Å². The molecule has 0 atom stereocenters. The van der Waals surface area contributed by atoms with Gasteiger partial charge in [0.05, 0.1) is 23.8 Å². The zero-order valence-electron chi connectivity index (χ0n) is 16.7. The number of pyridine rings is 1. The molecule has 4 rings (SSSR count). The number of rotatable bonds is 3. The molecule has 9 heteroatoms. The molecule has 1 aliphatic heterocycles. The van der Waals surface area contributed by atoms with Gasteiger partial charge in [-0.2, -0.15) is 0 Å². The molecular formula is C20H23N7O2. The lowest BCUT2D eigenvalue weighted by Gasteiger charge is -2.35. The van der Waals surface area contributed by atoms with E-state index in [-0.39, 0.29) is 11.8 Å². The van der Waals surface area contributed by atoms with Gasteiger partial charge < -0.3 is 14.7 Å². The summed E-state index contributed by atoms with van der Waals surface area (Å²) in [5.74, 6) is 0.796. The second-order valence-electron chi connectivity index (χ2n) is 7.22. The standard InChI is InChI=1S/C20H23N7O2/c1-14(28)25-7-9-26(10-8-25)18-6-4-5-15(23-18)17-11-22-19-12-21-16(13-27(17)19)20(29)24(2)3/h4-6,11-13H,7-10H2,1-3H3. The third-order valence-electron chi connectivity index (χ3n) is 5.07. The molecule has 3 aromatic heterocycles. The van der Waals surface area contributed by atoms with E-state index in [0.717, 1.165) is 30.3 Å². The van der Waals surface area contributed by atoms with Gasteiger partial charge in [0.1, 0.15) is 11.5 Å². The average Bonchev–Trinajstić information content (AvgIpc) is 3.16. The second kappa shape index (κ2) is 7.50. The van der Waals surface area contributed by atoms with Gasteiger partial charge in [0.2, 0.25) is 5.91 Å². The molecule has 1 fully saturated rings. The van der Waals surface area contributed by atoms with Crippen molar-refractivity contribution < 1.29 is 9.59 Å². The van der Waals surface area contributed by atoms with Gasteiger partial charge in [0.25, 0.3) is 5.91 Å². The van der Waals surface area contributed by atoms with Crippen molar-refractivity contribution in [2.24, 2.45) is 0 Å². The first-order chi connectivity index (χ1) is 13.9. The number of fused-ring (bicyclic) bond motifs is 1. The molecule has 4 heterocycles. The lowest BCUT2D eigenvalue weighted by molar-refractivity contribution is -0.129. The largest absolute Gasteiger partial charge is 0.353 e. The topological polar surface area (TPSA) is 86.9 Å². The number of hydrogen-bond donors (Lipinski definition) is 0. The maximum absolute atomic E-state index is 12.3. The monoisotopic (exact) mass is 393 g/mol. The summed E-state index contributed by atoms with van der Waals surface area (Å²) in [7, 11) is 3.39. The summed E-state index contributed by atoms with van der Waals surface area (Å²) in [6.45, 7) is 4.48. The van der Waals surface area contributed by atoms with E-state index >= 15 is 0 Å². The minimum atomic E-state index is -0.170. The molecule has 3 aromatic rings. The fraction of sp³-hybridized carbons (Fsp3) is 0.350. The average molecular weight is 393 g/mol. The van der Waals surface area contributed by atoms with E-state index in [0.29, 0.717) is 24.4 Å². The Morgan fingerprint density at radius 2 is 1.79 bits per heavy atom. The first-order valence-electron chi connectivity index (χ1n) is 9.46. The Morgan fingerprint density at radius 3 is 2.48 bits per heavy atom. The van der Waals surface area contributed by atoms with Gasteiger partial charge in [0.15, 0.2) is 5.65 Å². The van der Waals surface area contributed by atoms with Crippen LogP contribution in [0.15, 0.2) is 36.8 Å². The van der Waals surface area contributed by atoms with Crippen LogP contribution in [0.25, 0.3) is 17.0 Å². The van der Waals surface area contributed by atoms with E-state index in [4.69, 9.17) is 4.98 Å². The number of nitrogens with zero attached hydrogens (tertiary/aromatic N) is 7. The van der Waals surface area contributed by atoms with Crippen molar-refractivity contribution in [1.29, 1.82) is 0 Å². The number of amides is 2. The minimum absolute atomic E-state index is 0.105. The summed E-state index contributed by atoms with van der Waals surface area (Å²) in [6.07, 6.45) is 5.02. The molecule has 0 N–H and O–H groups in total. The van der Waals surface area contributed by atoms with E-state index in [2.05, 4.69) is 14.9 Å². The van der Waals surface area contributed by atoms with E-state index in [9.17, 15) is 9.59 Å². The maximum atomic E-state index is 12.3. The summed E-state index contributed by atoms with van der Waals surface area (Å²) < 4.78 is 1.84. The van der Waals surface area contributed by atoms with Crippen molar-refractivity contribution >= 4 is 23.3 Å². The van der Waals surface area contributed by atoms with Crippen LogP contribution in [0.4, 0.5) is 5.82 Å². The summed E-state index contributed by atoms with van der Waals surface area (Å²) in [5, 5.41) is 0. The summed E-state index contributed by atoms with van der Waals surface area (Å²) in [6, 6.07) is 5.85. The quantitative estimate of drug-likeness (QED) is 0.664. The molecule has 0 aromatic carbocycles. The van der Waals surface area contributed by atoms with Gasteiger partial charge in [-0.25, -0.2) is 15.0 Å². The van der Waals surface area contributed by atoms with Gasteiger partial charge in [-0.15, -0.1) is 0 Å². The van der Waals surface area contributed by atoms with E-state index in [1.807, 2.05) is 27.5 Å². The lowest BCUT2D eigenvalue weighted by Crippen LogP contribution is -2.48. The van der Waals surface area contributed by atoms with Gasteiger partial charge in [0, 0.05) is 53.4 Å². The normalized spacial score (nSPS) is 14.3. The SMILES string of the molecule is CC(=O)N1CCN(c2cccc(-c3cnc4cnc(C(=O)N(C)C)cn34)n2)CC1. The molecule has 29 heavy (non-hydrogen) atoms. The molecular weight excluding hydrogens is 370 g/mol. The first-order valence-corrected chi connectivity index (χ1v) is 9.46. The number of hydrogen-bond acceptors (Lipinski definition) is 6. The number of aromatic nitrogens is 4. The van der Waals surface area contributed by atoms with E-state index in [1.165, 1.54) is 4.90 Å². The molecule has 150 valence electrons. The second-order valence-corrected chi connectivity index (χ2v) is 7.22. The summed E-state index contributed by atoms with van der Waals surface area (Å²) >= 11 is 0. The Hall–Kier alpha value is -3.49. The van der Waals surface area contributed by atoms with Crippen LogP contribution in [0.2, 0.25) is 0 Å². The highest BCUT2D eigenvalue weighted by Gasteiger charge is 2.20. The number of carbonyl (C=O) groups is 2. The van der Waals surface area contributed by atoms with Crippen LogP contribution in [0.5, 0.6) is 0 Å². The predicted octanol–water partition coefficient (Wildman–Crippen LogP) is 1.16. The Labute approximate surface area is 168 Å². The van der Waals surface area contributed by atoms with Crippen LogP contribution in [0.1, 0.15) is 17.4 Å². The smallest absolute Gasteiger partial charge is 0.273 e. The highest BCUT2D eigenvalue weighted by Crippen LogP contribution is 2.23. The molecule has 0 saturated carbocycles. The molecule has 0 bridgehead atoms. The highest BCUT2D eigenvalue weighted by molar-refractivity contribution is 5.92. The summed E-state index contributed by atoms with van der Waals surface area (Å²) in [5.41, 5.74) is 2.55. The lowest BCUT2D eigenvalue weighted by atomic mass is 10.2.